The quantitative estimate of drug-likeness (QED) is 0.670. The fraction of sp³-hybridized carbons (Fsp3) is 0.278. The second-order valence-corrected chi connectivity index (χ2v) is 6.10. The molecule has 0 saturated carbocycles. The summed E-state index contributed by atoms with van der Waals surface area (Å²) in [4.78, 5) is 15.9. The van der Waals surface area contributed by atoms with Gasteiger partial charge in [-0.15, -0.1) is 10.2 Å². The molecular formula is C18H16F3N5O3. The van der Waals surface area contributed by atoms with Crippen LogP contribution >= 0.6 is 0 Å². The van der Waals surface area contributed by atoms with Crippen LogP contribution in [0, 0.1) is 13.8 Å². The third-order valence-electron chi connectivity index (χ3n) is 3.86. The van der Waals surface area contributed by atoms with Crippen LogP contribution in [0.25, 0.3) is 11.3 Å². The van der Waals surface area contributed by atoms with Gasteiger partial charge in [0.1, 0.15) is 24.6 Å². The van der Waals surface area contributed by atoms with Crippen LogP contribution in [0.1, 0.15) is 27.5 Å². The van der Waals surface area contributed by atoms with Crippen LogP contribution < -0.4 is 10.1 Å². The maximum absolute atomic E-state index is 12.2. The standard InChI is InChI=1S/C18H16F3N5O3/c1-10-3-4-12(7-22-10)16-13(11(2)29-26-16)8-28-15-6-5-14(24-25-15)17(27)23-9-18(19,20)21/h3-7H,8-9H2,1-2H3,(H,23,27). The number of alkyl halides is 3. The lowest BCUT2D eigenvalue weighted by molar-refractivity contribution is -0.123. The lowest BCUT2D eigenvalue weighted by atomic mass is 10.1. The minimum atomic E-state index is -4.51. The molecule has 1 amide bonds. The molecule has 0 fully saturated rings. The predicted molar refractivity (Wildman–Crippen MR) is 94.0 cm³/mol. The predicted octanol–water partition coefficient (Wildman–Crippen LogP) is 3.01. The molecule has 0 bridgehead atoms. The molecule has 0 aliphatic rings. The third kappa shape index (κ3) is 5.27. The number of amides is 1. The highest BCUT2D eigenvalue weighted by Crippen LogP contribution is 2.26. The number of rotatable bonds is 6. The van der Waals surface area contributed by atoms with Crippen LogP contribution in [0.15, 0.2) is 35.0 Å². The van der Waals surface area contributed by atoms with Gasteiger partial charge >= 0.3 is 6.18 Å². The van der Waals surface area contributed by atoms with Crippen molar-refractivity contribution in [2.45, 2.75) is 26.6 Å². The molecule has 0 saturated heterocycles. The molecule has 29 heavy (non-hydrogen) atoms. The fourth-order valence-electron chi connectivity index (χ4n) is 2.33. The van der Waals surface area contributed by atoms with E-state index in [2.05, 4.69) is 20.3 Å². The van der Waals surface area contributed by atoms with Crippen molar-refractivity contribution in [1.29, 1.82) is 0 Å². The minimum absolute atomic E-state index is 0.0623. The lowest BCUT2D eigenvalue weighted by Crippen LogP contribution is -2.34. The SMILES string of the molecule is Cc1ccc(-c2noc(C)c2COc2ccc(C(=O)NCC(F)(F)F)nn2)cn1. The number of hydrogen-bond acceptors (Lipinski definition) is 7. The van der Waals surface area contributed by atoms with E-state index >= 15 is 0 Å². The van der Waals surface area contributed by atoms with Crippen LogP contribution in [0.3, 0.4) is 0 Å². The number of aromatic nitrogens is 4. The van der Waals surface area contributed by atoms with Gasteiger partial charge in [0.25, 0.3) is 5.91 Å². The first-order valence-electron chi connectivity index (χ1n) is 8.42. The minimum Gasteiger partial charge on any atom is -0.472 e. The van der Waals surface area contributed by atoms with Crippen molar-refractivity contribution < 1.29 is 27.2 Å². The maximum Gasteiger partial charge on any atom is 0.405 e. The maximum atomic E-state index is 12.2. The Morgan fingerprint density at radius 2 is 1.97 bits per heavy atom. The van der Waals surface area contributed by atoms with E-state index in [0.717, 1.165) is 11.3 Å². The number of halogens is 3. The summed E-state index contributed by atoms with van der Waals surface area (Å²) in [6, 6.07) is 6.26. The van der Waals surface area contributed by atoms with E-state index in [1.807, 2.05) is 19.1 Å². The number of nitrogens with zero attached hydrogens (tertiary/aromatic N) is 4. The number of aryl methyl sites for hydroxylation is 2. The van der Waals surface area contributed by atoms with Gasteiger partial charge in [0.15, 0.2) is 5.69 Å². The largest absolute Gasteiger partial charge is 0.472 e. The van der Waals surface area contributed by atoms with Crippen LogP contribution in [0.4, 0.5) is 13.2 Å². The molecule has 11 heteroatoms. The summed E-state index contributed by atoms with van der Waals surface area (Å²) in [6.07, 6.45) is -2.84. The van der Waals surface area contributed by atoms with E-state index in [4.69, 9.17) is 9.26 Å². The summed E-state index contributed by atoms with van der Waals surface area (Å²) in [7, 11) is 0. The zero-order valence-electron chi connectivity index (χ0n) is 15.4. The van der Waals surface area contributed by atoms with Gasteiger partial charge in [0.2, 0.25) is 5.88 Å². The fourth-order valence-corrected chi connectivity index (χ4v) is 2.33. The van der Waals surface area contributed by atoms with Gasteiger partial charge in [-0.2, -0.15) is 13.2 Å². The van der Waals surface area contributed by atoms with Gasteiger partial charge in [-0.25, -0.2) is 0 Å². The van der Waals surface area contributed by atoms with Gasteiger partial charge in [-0.1, -0.05) is 5.16 Å². The Labute approximate surface area is 163 Å². The molecule has 0 aliphatic carbocycles. The highest BCUT2D eigenvalue weighted by molar-refractivity contribution is 5.92. The highest BCUT2D eigenvalue weighted by Gasteiger charge is 2.28. The lowest BCUT2D eigenvalue weighted by Gasteiger charge is -2.08. The first-order valence-corrected chi connectivity index (χ1v) is 8.42. The normalized spacial score (nSPS) is 11.3. The molecule has 3 rings (SSSR count). The molecular weight excluding hydrogens is 391 g/mol. The van der Waals surface area contributed by atoms with E-state index in [1.54, 1.807) is 18.4 Å². The van der Waals surface area contributed by atoms with Crippen molar-refractivity contribution in [3.63, 3.8) is 0 Å². The van der Waals surface area contributed by atoms with E-state index in [0.29, 0.717) is 17.0 Å². The van der Waals surface area contributed by atoms with Crippen molar-refractivity contribution >= 4 is 5.91 Å². The molecule has 1 N–H and O–H groups in total. The summed E-state index contributed by atoms with van der Waals surface area (Å²) in [5.41, 5.74) is 2.62. The molecule has 152 valence electrons. The number of ether oxygens (including phenoxy) is 1. The van der Waals surface area contributed by atoms with Crippen LogP contribution in [-0.4, -0.2) is 39.0 Å². The number of carbonyl (C=O) groups is 1. The van der Waals surface area contributed by atoms with Crippen molar-refractivity contribution in [2.24, 2.45) is 0 Å². The van der Waals surface area contributed by atoms with Crippen LogP contribution in [0.5, 0.6) is 5.88 Å². The molecule has 0 aliphatic heterocycles. The smallest absolute Gasteiger partial charge is 0.405 e. The van der Waals surface area contributed by atoms with Gasteiger partial charge in [-0.3, -0.25) is 9.78 Å². The zero-order valence-corrected chi connectivity index (χ0v) is 15.4. The highest BCUT2D eigenvalue weighted by atomic mass is 19.4. The Kier molecular flexibility index (Phi) is 5.76. The van der Waals surface area contributed by atoms with Gasteiger partial charge in [0.05, 0.1) is 5.56 Å². The summed E-state index contributed by atoms with van der Waals surface area (Å²) in [5.74, 6) is -0.340. The second-order valence-electron chi connectivity index (χ2n) is 6.10. The van der Waals surface area contributed by atoms with Crippen molar-refractivity contribution in [2.75, 3.05) is 6.54 Å². The third-order valence-corrected chi connectivity index (χ3v) is 3.86. The van der Waals surface area contributed by atoms with Gasteiger partial charge < -0.3 is 14.6 Å². The first-order chi connectivity index (χ1) is 13.7. The molecule has 0 unspecified atom stereocenters. The Bertz CT molecular complexity index is 985. The molecule has 3 heterocycles. The Balaban J connectivity index is 1.66. The summed E-state index contributed by atoms with van der Waals surface area (Å²) in [5, 5.41) is 13.0. The average molecular weight is 407 g/mol. The molecule has 3 aromatic heterocycles. The van der Waals surface area contributed by atoms with Crippen molar-refractivity contribution in [3.05, 3.63) is 53.2 Å². The molecule has 0 atom stereocenters. The monoisotopic (exact) mass is 407 g/mol. The Morgan fingerprint density at radius 1 is 1.17 bits per heavy atom. The second kappa shape index (κ2) is 8.25. The van der Waals surface area contributed by atoms with E-state index in [1.165, 1.54) is 12.1 Å². The number of carbonyl (C=O) groups excluding carboxylic acids is 1. The van der Waals surface area contributed by atoms with Crippen LogP contribution in [0.2, 0.25) is 0 Å². The summed E-state index contributed by atoms with van der Waals surface area (Å²) >= 11 is 0. The van der Waals surface area contributed by atoms with E-state index in [9.17, 15) is 18.0 Å². The van der Waals surface area contributed by atoms with Gasteiger partial charge in [0, 0.05) is 23.5 Å². The van der Waals surface area contributed by atoms with Crippen molar-refractivity contribution in [1.82, 2.24) is 25.7 Å². The summed E-state index contributed by atoms with van der Waals surface area (Å²) < 4.78 is 47.2. The molecule has 8 nitrogen and oxygen atoms in total. The molecule has 0 radical (unpaired) electrons. The Morgan fingerprint density at radius 3 is 2.59 bits per heavy atom. The number of pyridine rings is 1. The number of hydrogen-bond donors (Lipinski definition) is 1. The topological polar surface area (TPSA) is 103 Å². The first kappa shape index (κ1) is 20.2. The van der Waals surface area contributed by atoms with Crippen LogP contribution in [-0.2, 0) is 6.61 Å². The zero-order chi connectivity index (χ0) is 21.0. The van der Waals surface area contributed by atoms with Gasteiger partial charge in [-0.05, 0) is 32.0 Å². The van der Waals surface area contributed by atoms with E-state index in [-0.39, 0.29) is 18.2 Å². The Hall–Kier alpha value is -3.50. The molecule has 0 aromatic carbocycles. The summed E-state index contributed by atoms with van der Waals surface area (Å²) in [6.45, 7) is 2.21. The average Bonchev–Trinajstić information content (AvgIpc) is 3.05. The van der Waals surface area contributed by atoms with Crippen molar-refractivity contribution in [3.8, 4) is 17.1 Å². The number of nitrogens with one attached hydrogen (secondary N) is 1. The van der Waals surface area contributed by atoms with E-state index < -0.39 is 18.6 Å². The molecule has 0 spiro atoms. The molecule has 3 aromatic rings.